The molecule has 2 N–H and O–H groups in total. The SMILES string of the molecule is CCNC(=NCc1nnc2ccccn12)NCC1CCOc2ccccc21. The molecule has 1 unspecified atom stereocenters. The smallest absolute Gasteiger partial charge is 0.191 e. The van der Waals surface area contributed by atoms with Gasteiger partial charge in [0.15, 0.2) is 17.4 Å². The predicted octanol–water partition coefficient (Wildman–Crippen LogP) is 2.35. The summed E-state index contributed by atoms with van der Waals surface area (Å²) in [6, 6.07) is 14.1. The first-order chi connectivity index (χ1) is 13.3. The number of benzene rings is 1. The maximum atomic E-state index is 5.75. The average molecular weight is 364 g/mol. The van der Waals surface area contributed by atoms with Gasteiger partial charge >= 0.3 is 0 Å². The summed E-state index contributed by atoms with van der Waals surface area (Å²) in [6.45, 7) is 4.89. The Kier molecular flexibility index (Phi) is 5.18. The Labute approximate surface area is 158 Å². The fraction of sp³-hybridized carbons (Fsp3) is 0.350. The highest BCUT2D eigenvalue weighted by atomic mass is 16.5. The van der Waals surface area contributed by atoms with Gasteiger partial charge < -0.3 is 15.4 Å². The maximum Gasteiger partial charge on any atom is 0.191 e. The highest BCUT2D eigenvalue weighted by Gasteiger charge is 2.21. The molecule has 140 valence electrons. The first-order valence-electron chi connectivity index (χ1n) is 9.37. The molecule has 0 saturated heterocycles. The number of nitrogens with one attached hydrogen (secondary N) is 2. The van der Waals surface area contributed by atoms with Crippen LogP contribution in [0.1, 0.15) is 30.7 Å². The number of ether oxygens (including phenoxy) is 1. The van der Waals surface area contributed by atoms with Gasteiger partial charge in [0, 0.05) is 25.2 Å². The Morgan fingerprint density at radius 3 is 3.00 bits per heavy atom. The van der Waals surface area contributed by atoms with Crippen LogP contribution >= 0.6 is 0 Å². The Morgan fingerprint density at radius 1 is 1.19 bits per heavy atom. The maximum absolute atomic E-state index is 5.75. The zero-order chi connectivity index (χ0) is 18.5. The summed E-state index contributed by atoms with van der Waals surface area (Å²) >= 11 is 0. The minimum absolute atomic E-state index is 0.410. The zero-order valence-electron chi connectivity index (χ0n) is 15.4. The molecule has 0 spiro atoms. The van der Waals surface area contributed by atoms with Crippen molar-refractivity contribution in [2.45, 2.75) is 25.8 Å². The summed E-state index contributed by atoms with van der Waals surface area (Å²) in [5.41, 5.74) is 2.09. The molecule has 7 heteroatoms. The van der Waals surface area contributed by atoms with Gasteiger partial charge in [0.2, 0.25) is 0 Å². The number of fused-ring (bicyclic) bond motifs is 2. The molecule has 0 bridgehead atoms. The molecule has 1 atom stereocenters. The van der Waals surface area contributed by atoms with E-state index in [1.165, 1.54) is 5.56 Å². The predicted molar refractivity (Wildman–Crippen MR) is 105 cm³/mol. The van der Waals surface area contributed by atoms with Gasteiger partial charge in [0.25, 0.3) is 0 Å². The van der Waals surface area contributed by atoms with Crippen LogP contribution < -0.4 is 15.4 Å². The zero-order valence-corrected chi connectivity index (χ0v) is 15.4. The minimum atomic E-state index is 0.410. The van der Waals surface area contributed by atoms with Crippen LogP contribution in [0.3, 0.4) is 0 Å². The molecule has 0 aliphatic carbocycles. The van der Waals surface area contributed by atoms with Gasteiger partial charge in [-0.2, -0.15) is 0 Å². The highest BCUT2D eigenvalue weighted by molar-refractivity contribution is 5.79. The van der Waals surface area contributed by atoms with Crippen molar-refractivity contribution in [3.8, 4) is 5.75 Å². The first kappa shape index (κ1) is 17.3. The Balaban J connectivity index is 1.45. The Hall–Kier alpha value is -3.09. The molecule has 7 nitrogen and oxygen atoms in total. The summed E-state index contributed by atoms with van der Waals surface area (Å²) in [5, 5.41) is 15.2. The van der Waals surface area contributed by atoms with E-state index in [1.807, 2.05) is 40.9 Å². The van der Waals surface area contributed by atoms with Crippen molar-refractivity contribution < 1.29 is 4.74 Å². The summed E-state index contributed by atoms with van der Waals surface area (Å²) in [7, 11) is 0. The Morgan fingerprint density at radius 2 is 2.07 bits per heavy atom. The quantitative estimate of drug-likeness (QED) is 0.537. The van der Waals surface area contributed by atoms with Crippen LogP contribution in [0.5, 0.6) is 5.75 Å². The number of pyridine rings is 1. The summed E-state index contributed by atoms with van der Waals surface area (Å²) in [6.07, 6.45) is 2.96. The second-order valence-electron chi connectivity index (χ2n) is 6.49. The van der Waals surface area contributed by atoms with Crippen LogP contribution in [-0.4, -0.2) is 40.3 Å². The van der Waals surface area contributed by atoms with Crippen molar-refractivity contribution >= 4 is 11.6 Å². The van der Waals surface area contributed by atoms with E-state index in [4.69, 9.17) is 4.74 Å². The number of para-hydroxylation sites is 1. The summed E-state index contributed by atoms with van der Waals surface area (Å²) in [4.78, 5) is 4.69. The van der Waals surface area contributed by atoms with E-state index in [0.717, 1.165) is 49.3 Å². The van der Waals surface area contributed by atoms with Crippen molar-refractivity contribution in [1.29, 1.82) is 0 Å². The van der Waals surface area contributed by atoms with Crippen molar-refractivity contribution in [2.24, 2.45) is 4.99 Å². The van der Waals surface area contributed by atoms with Gasteiger partial charge in [-0.05, 0) is 37.1 Å². The molecule has 0 saturated carbocycles. The normalized spacial score (nSPS) is 16.6. The van der Waals surface area contributed by atoms with Gasteiger partial charge in [-0.15, -0.1) is 10.2 Å². The van der Waals surface area contributed by atoms with Gasteiger partial charge in [-0.25, -0.2) is 4.99 Å². The van der Waals surface area contributed by atoms with Gasteiger partial charge in [-0.3, -0.25) is 4.40 Å². The van der Waals surface area contributed by atoms with E-state index in [1.54, 1.807) is 0 Å². The van der Waals surface area contributed by atoms with Crippen molar-refractivity contribution in [2.75, 3.05) is 19.7 Å². The molecule has 3 aromatic rings. The number of rotatable bonds is 5. The molecule has 0 amide bonds. The minimum Gasteiger partial charge on any atom is -0.493 e. The van der Waals surface area contributed by atoms with Crippen molar-refractivity contribution in [3.63, 3.8) is 0 Å². The monoisotopic (exact) mass is 364 g/mol. The lowest BCUT2D eigenvalue weighted by molar-refractivity contribution is 0.267. The molecule has 1 aromatic carbocycles. The molecule has 0 fully saturated rings. The van der Waals surface area contributed by atoms with Crippen LogP contribution in [-0.2, 0) is 6.54 Å². The number of hydrogen-bond acceptors (Lipinski definition) is 4. The average Bonchev–Trinajstić information content (AvgIpc) is 3.13. The third kappa shape index (κ3) is 3.86. The number of aromatic nitrogens is 3. The fourth-order valence-corrected chi connectivity index (χ4v) is 3.34. The van der Waals surface area contributed by atoms with Crippen LogP contribution in [0, 0.1) is 0 Å². The lowest BCUT2D eigenvalue weighted by Crippen LogP contribution is -2.40. The van der Waals surface area contributed by atoms with Gasteiger partial charge in [0.05, 0.1) is 6.61 Å². The summed E-state index contributed by atoms with van der Waals surface area (Å²) < 4.78 is 7.71. The van der Waals surface area contributed by atoms with Crippen LogP contribution in [0.4, 0.5) is 0 Å². The molecular weight excluding hydrogens is 340 g/mol. The van der Waals surface area contributed by atoms with Crippen LogP contribution in [0.2, 0.25) is 0 Å². The van der Waals surface area contributed by atoms with E-state index in [9.17, 15) is 0 Å². The molecular formula is C20H24N6O. The molecule has 27 heavy (non-hydrogen) atoms. The molecule has 2 aromatic heterocycles. The van der Waals surface area contributed by atoms with Crippen molar-refractivity contribution in [3.05, 3.63) is 60.0 Å². The number of aliphatic imine (C=N–C) groups is 1. The lowest BCUT2D eigenvalue weighted by Gasteiger charge is -2.26. The number of nitrogens with zero attached hydrogens (tertiary/aromatic N) is 4. The highest BCUT2D eigenvalue weighted by Crippen LogP contribution is 2.32. The molecule has 4 rings (SSSR count). The van der Waals surface area contributed by atoms with E-state index < -0.39 is 0 Å². The largest absolute Gasteiger partial charge is 0.493 e. The first-order valence-corrected chi connectivity index (χ1v) is 9.37. The standard InChI is InChI=1S/C20H24N6O/c1-2-21-20(23-14-19-25-24-18-9-5-6-11-26(18)19)22-13-15-10-12-27-17-8-4-3-7-16(15)17/h3-9,11,15H,2,10,12-14H2,1H3,(H2,21,22,23). The lowest BCUT2D eigenvalue weighted by atomic mass is 9.93. The fourth-order valence-electron chi connectivity index (χ4n) is 3.34. The van der Waals surface area contributed by atoms with Crippen LogP contribution in [0.25, 0.3) is 5.65 Å². The van der Waals surface area contributed by atoms with Gasteiger partial charge in [-0.1, -0.05) is 24.3 Å². The van der Waals surface area contributed by atoms with Crippen molar-refractivity contribution in [1.82, 2.24) is 25.2 Å². The second kappa shape index (κ2) is 8.07. The Bertz CT molecular complexity index is 935. The number of guanidine groups is 1. The topological polar surface area (TPSA) is 75.8 Å². The third-order valence-corrected chi connectivity index (χ3v) is 4.71. The second-order valence-corrected chi connectivity index (χ2v) is 6.49. The molecule has 1 aliphatic rings. The van der Waals surface area contributed by atoms with Crippen LogP contribution in [0.15, 0.2) is 53.7 Å². The third-order valence-electron chi connectivity index (χ3n) is 4.71. The molecule has 3 heterocycles. The van der Waals surface area contributed by atoms with Gasteiger partial charge in [0.1, 0.15) is 12.3 Å². The van der Waals surface area contributed by atoms with E-state index in [0.29, 0.717) is 12.5 Å². The summed E-state index contributed by atoms with van der Waals surface area (Å²) in [5.74, 6) is 3.01. The van der Waals surface area contributed by atoms with E-state index >= 15 is 0 Å². The molecule has 0 radical (unpaired) electrons. The van der Waals surface area contributed by atoms with E-state index in [-0.39, 0.29) is 0 Å². The number of hydrogen-bond donors (Lipinski definition) is 2. The molecule has 1 aliphatic heterocycles. The van der Waals surface area contributed by atoms with E-state index in [2.05, 4.69) is 44.9 Å².